The molecule has 198 valence electrons. The van der Waals surface area contributed by atoms with Gasteiger partial charge >= 0.3 is 5.97 Å². The molecule has 1 aliphatic carbocycles. The van der Waals surface area contributed by atoms with E-state index in [1.165, 1.54) is 6.07 Å². The Morgan fingerprint density at radius 1 is 1.16 bits per heavy atom. The maximum atomic E-state index is 13.7. The van der Waals surface area contributed by atoms with Crippen molar-refractivity contribution in [1.29, 1.82) is 0 Å². The molecule has 8 heteroatoms. The van der Waals surface area contributed by atoms with Crippen LogP contribution in [0.2, 0.25) is 0 Å². The Bertz CT molecular complexity index is 1450. The first-order valence-electron chi connectivity index (χ1n) is 12.8. The van der Waals surface area contributed by atoms with Crippen molar-refractivity contribution in [2.75, 3.05) is 7.11 Å². The lowest BCUT2D eigenvalue weighted by Gasteiger charge is -2.39. The molecule has 1 aromatic heterocycles. The summed E-state index contributed by atoms with van der Waals surface area (Å²) in [6, 6.07) is 8.14. The zero-order valence-electron chi connectivity index (χ0n) is 22.5. The summed E-state index contributed by atoms with van der Waals surface area (Å²) in [5.41, 5.74) is 3.20. The number of hydrogen-bond donors (Lipinski definition) is 2. The van der Waals surface area contributed by atoms with E-state index in [0.717, 1.165) is 5.56 Å². The molecule has 2 aliphatic heterocycles. The standard InChI is InChI=1S/C30H32N2O6/c1-14(2)26-27-25(28(34)32-26)24(23-19(33)12-30(4,5)13-21(23)38-27)22-15(3)16(10-11-20(22)37-6)17-8-7-9-18(31-17)29(35)36/h7-11,14,24,26H,12-13H2,1-6H3,(H,32,34)(H,35,36)/t24-,26-/m1/s1. The lowest BCUT2D eigenvalue weighted by atomic mass is 9.69. The highest BCUT2D eigenvalue weighted by Crippen LogP contribution is 2.53. The fourth-order valence-electron chi connectivity index (χ4n) is 5.90. The summed E-state index contributed by atoms with van der Waals surface area (Å²) in [5.74, 6) is -0.323. The van der Waals surface area contributed by atoms with Crippen LogP contribution < -0.4 is 10.1 Å². The number of aromatic carboxylic acids is 1. The summed E-state index contributed by atoms with van der Waals surface area (Å²) in [5, 5.41) is 12.5. The normalized spacial score (nSPS) is 22.2. The van der Waals surface area contributed by atoms with Crippen molar-refractivity contribution in [2.24, 2.45) is 11.3 Å². The first kappa shape index (κ1) is 25.7. The van der Waals surface area contributed by atoms with Crippen LogP contribution in [0.3, 0.4) is 0 Å². The predicted molar refractivity (Wildman–Crippen MR) is 141 cm³/mol. The number of Topliss-reactive ketones (excluding diaryl/α,β-unsaturated/α-hetero) is 1. The number of carbonyl (C=O) groups is 3. The number of carboxylic acids is 1. The fourth-order valence-corrected chi connectivity index (χ4v) is 5.90. The Labute approximate surface area is 221 Å². The lowest BCUT2D eigenvalue weighted by molar-refractivity contribution is -0.119. The molecule has 1 amide bonds. The Morgan fingerprint density at radius 3 is 2.55 bits per heavy atom. The largest absolute Gasteiger partial charge is 0.496 e. The highest BCUT2D eigenvalue weighted by atomic mass is 16.5. The first-order valence-corrected chi connectivity index (χ1v) is 12.8. The van der Waals surface area contributed by atoms with Crippen molar-refractivity contribution in [3.8, 4) is 17.0 Å². The maximum Gasteiger partial charge on any atom is 0.354 e. The Kier molecular flexibility index (Phi) is 6.16. The van der Waals surface area contributed by atoms with E-state index in [9.17, 15) is 19.5 Å². The molecule has 0 spiro atoms. The quantitative estimate of drug-likeness (QED) is 0.579. The van der Waals surface area contributed by atoms with Crippen LogP contribution in [0.25, 0.3) is 11.3 Å². The Morgan fingerprint density at radius 2 is 1.89 bits per heavy atom. The molecular formula is C30H32N2O6. The van der Waals surface area contributed by atoms with E-state index >= 15 is 0 Å². The van der Waals surface area contributed by atoms with Gasteiger partial charge in [0.2, 0.25) is 0 Å². The minimum Gasteiger partial charge on any atom is -0.496 e. The van der Waals surface area contributed by atoms with Gasteiger partial charge in [-0.15, -0.1) is 0 Å². The summed E-state index contributed by atoms with van der Waals surface area (Å²) >= 11 is 0. The van der Waals surface area contributed by atoms with Crippen molar-refractivity contribution in [1.82, 2.24) is 10.3 Å². The van der Waals surface area contributed by atoms with Gasteiger partial charge in [0.1, 0.15) is 23.0 Å². The predicted octanol–water partition coefficient (Wildman–Crippen LogP) is 4.93. The summed E-state index contributed by atoms with van der Waals surface area (Å²) in [7, 11) is 1.56. The number of carbonyl (C=O) groups excluding carboxylic acids is 2. The number of nitrogens with zero attached hydrogens (tertiary/aromatic N) is 1. The summed E-state index contributed by atoms with van der Waals surface area (Å²) < 4.78 is 12.2. The third-order valence-corrected chi connectivity index (χ3v) is 7.66. The zero-order valence-corrected chi connectivity index (χ0v) is 22.5. The third-order valence-electron chi connectivity index (χ3n) is 7.66. The topological polar surface area (TPSA) is 115 Å². The molecule has 0 saturated carbocycles. The van der Waals surface area contributed by atoms with E-state index in [2.05, 4.69) is 10.3 Å². The van der Waals surface area contributed by atoms with Crippen molar-refractivity contribution >= 4 is 17.7 Å². The van der Waals surface area contributed by atoms with Gasteiger partial charge in [-0.05, 0) is 48.1 Å². The number of amides is 1. The zero-order chi connectivity index (χ0) is 27.5. The van der Waals surface area contributed by atoms with Crippen molar-refractivity contribution in [2.45, 2.75) is 59.4 Å². The molecule has 1 aromatic carbocycles. The van der Waals surface area contributed by atoms with Crippen LogP contribution in [-0.4, -0.2) is 40.9 Å². The van der Waals surface area contributed by atoms with E-state index in [-0.39, 0.29) is 34.8 Å². The molecule has 0 fully saturated rings. The maximum absolute atomic E-state index is 13.7. The number of hydrogen-bond acceptors (Lipinski definition) is 6. The molecule has 0 bridgehead atoms. The number of nitrogens with one attached hydrogen (secondary N) is 1. The highest BCUT2D eigenvalue weighted by molar-refractivity contribution is 6.07. The van der Waals surface area contributed by atoms with Crippen molar-refractivity contribution < 1.29 is 29.0 Å². The van der Waals surface area contributed by atoms with Gasteiger partial charge in [0.25, 0.3) is 5.91 Å². The van der Waals surface area contributed by atoms with Crippen LogP contribution in [0, 0.1) is 18.3 Å². The van der Waals surface area contributed by atoms with E-state index < -0.39 is 11.9 Å². The van der Waals surface area contributed by atoms with Gasteiger partial charge < -0.3 is 19.9 Å². The fraction of sp³-hybridized carbons (Fsp3) is 0.400. The second-order valence-corrected chi connectivity index (χ2v) is 11.4. The summed E-state index contributed by atoms with van der Waals surface area (Å²) in [6.07, 6.45) is 0.913. The number of ether oxygens (including phenoxy) is 2. The number of methoxy groups -OCH3 is 1. The number of rotatable bonds is 5. The van der Waals surface area contributed by atoms with Crippen LogP contribution in [0.15, 0.2) is 53.0 Å². The van der Waals surface area contributed by atoms with Gasteiger partial charge in [-0.25, -0.2) is 9.78 Å². The molecule has 3 heterocycles. The summed E-state index contributed by atoms with van der Waals surface area (Å²) in [4.78, 5) is 43.1. The number of pyridine rings is 1. The smallest absolute Gasteiger partial charge is 0.354 e. The van der Waals surface area contributed by atoms with Crippen LogP contribution in [-0.2, 0) is 14.3 Å². The monoisotopic (exact) mass is 516 g/mol. The van der Waals surface area contributed by atoms with E-state index in [1.807, 2.05) is 40.7 Å². The average molecular weight is 517 g/mol. The Balaban J connectivity index is 1.79. The van der Waals surface area contributed by atoms with E-state index in [4.69, 9.17) is 9.47 Å². The number of allylic oxidation sites excluding steroid dienone is 2. The molecule has 3 aliphatic rings. The van der Waals surface area contributed by atoms with Gasteiger partial charge in [-0.1, -0.05) is 33.8 Å². The van der Waals surface area contributed by atoms with Gasteiger partial charge in [-0.3, -0.25) is 9.59 Å². The SMILES string of the molecule is COc1ccc(-c2cccc(C(=O)O)n2)c(C)c1[C@@H]1C2=C(CC(C)(C)CC2=O)OC2=C1C(=O)N[C@@H]2C(C)C. The van der Waals surface area contributed by atoms with Crippen molar-refractivity contribution in [3.05, 3.63) is 69.8 Å². The lowest BCUT2D eigenvalue weighted by Crippen LogP contribution is -2.34. The van der Waals surface area contributed by atoms with Crippen LogP contribution in [0.5, 0.6) is 5.75 Å². The molecule has 8 nitrogen and oxygen atoms in total. The van der Waals surface area contributed by atoms with Crippen molar-refractivity contribution in [3.63, 3.8) is 0 Å². The molecule has 0 saturated heterocycles. The minimum absolute atomic E-state index is 0.0496. The second kappa shape index (κ2) is 9.11. The number of benzene rings is 1. The number of carboxylic acid groups (broad SMARTS) is 1. The molecule has 0 radical (unpaired) electrons. The van der Waals surface area contributed by atoms with Gasteiger partial charge in [0, 0.05) is 29.5 Å². The Hall–Kier alpha value is -3.94. The van der Waals surface area contributed by atoms with Crippen LogP contribution in [0.1, 0.15) is 68.1 Å². The van der Waals surface area contributed by atoms with E-state index in [0.29, 0.717) is 58.1 Å². The van der Waals surface area contributed by atoms with Crippen LogP contribution in [0.4, 0.5) is 0 Å². The highest BCUT2D eigenvalue weighted by Gasteiger charge is 2.50. The molecule has 2 aromatic rings. The average Bonchev–Trinajstić information content (AvgIpc) is 3.18. The number of aromatic nitrogens is 1. The van der Waals surface area contributed by atoms with Gasteiger partial charge in [0.15, 0.2) is 5.78 Å². The van der Waals surface area contributed by atoms with Crippen LogP contribution >= 0.6 is 0 Å². The van der Waals surface area contributed by atoms with Gasteiger partial charge in [-0.2, -0.15) is 0 Å². The first-order chi connectivity index (χ1) is 17.9. The molecule has 0 unspecified atom stereocenters. The summed E-state index contributed by atoms with van der Waals surface area (Å²) in [6.45, 7) is 10.0. The second-order valence-electron chi connectivity index (χ2n) is 11.4. The molecule has 38 heavy (non-hydrogen) atoms. The minimum atomic E-state index is -1.12. The van der Waals surface area contributed by atoms with Gasteiger partial charge in [0.05, 0.1) is 30.3 Å². The van der Waals surface area contributed by atoms with E-state index in [1.54, 1.807) is 25.3 Å². The molecule has 2 atom stereocenters. The number of ketones is 1. The third kappa shape index (κ3) is 4.08. The molecule has 2 N–H and O–H groups in total. The molecular weight excluding hydrogens is 484 g/mol. The molecule has 5 rings (SSSR count).